The summed E-state index contributed by atoms with van der Waals surface area (Å²) in [7, 11) is 0. The fraction of sp³-hybridized carbons (Fsp3) is 0.517. The van der Waals surface area contributed by atoms with Crippen LogP contribution in [0.2, 0.25) is 0 Å². The molecule has 35 heavy (non-hydrogen) atoms. The molecule has 186 valence electrons. The molecule has 1 amide bonds. The summed E-state index contributed by atoms with van der Waals surface area (Å²) in [5, 5.41) is 3.54. The molecular weight excluding hydrogens is 441 g/mol. The van der Waals surface area contributed by atoms with Crippen LogP contribution in [-0.2, 0) is 16.1 Å². The Morgan fingerprint density at radius 3 is 2.40 bits per heavy atom. The molecular formula is C29H36FN3O2. The number of rotatable bonds is 7. The van der Waals surface area contributed by atoms with Crippen molar-refractivity contribution in [3.8, 4) is 0 Å². The number of benzene rings is 2. The fourth-order valence-corrected chi connectivity index (χ4v) is 6.57. The molecule has 1 unspecified atom stereocenters. The van der Waals surface area contributed by atoms with Gasteiger partial charge in [0, 0.05) is 44.4 Å². The minimum Gasteiger partial charge on any atom is -0.338 e. The molecule has 6 heteroatoms. The van der Waals surface area contributed by atoms with Crippen molar-refractivity contribution in [3.63, 3.8) is 0 Å². The summed E-state index contributed by atoms with van der Waals surface area (Å²) in [4.78, 5) is 31.0. The predicted octanol–water partition coefficient (Wildman–Crippen LogP) is 3.99. The second-order valence-corrected chi connectivity index (χ2v) is 10.5. The molecule has 1 spiro atoms. The summed E-state index contributed by atoms with van der Waals surface area (Å²) in [6.07, 6.45) is 3.00. The molecule has 5 rings (SSSR count). The Hall–Kier alpha value is -2.57. The molecule has 3 saturated heterocycles. The van der Waals surface area contributed by atoms with Gasteiger partial charge in [-0.25, -0.2) is 4.39 Å². The van der Waals surface area contributed by atoms with Gasteiger partial charge < -0.3 is 10.2 Å². The van der Waals surface area contributed by atoms with E-state index < -0.39 is 0 Å². The van der Waals surface area contributed by atoms with E-state index in [0.29, 0.717) is 24.7 Å². The number of nitrogens with one attached hydrogen (secondary N) is 1. The van der Waals surface area contributed by atoms with Crippen molar-refractivity contribution in [1.29, 1.82) is 0 Å². The monoisotopic (exact) mass is 477 g/mol. The summed E-state index contributed by atoms with van der Waals surface area (Å²) in [6.45, 7) is 6.56. The topological polar surface area (TPSA) is 52.7 Å². The Balaban J connectivity index is 1.27. The highest BCUT2D eigenvalue weighted by Gasteiger charge is 2.50. The molecule has 0 bridgehead atoms. The van der Waals surface area contributed by atoms with E-state index in [1.54, 1.807) is 12.1 Å². The Morgan fingerprint density at radius 2 is 1.71 bits per heavy atom. The van der Waals surface area contributed by atoms with Crippen LogP contribution in [0.1, 0.15) is 49.7 Å². The Morgan fingerprint density at radius 1 is 1.03 bits per heavy atom. The first-order valence-electron chi connectivity index (χ1n) is 13.1. The van der Waals surface area contributed by atoms with Crippen molar-refractivity contribution in [2.24, 2.45) is 11.3 Å². The molecule has 5 nitrogen and oxygen atoms in total. The minimum absolute atomic E-state index is 0.107. The minimum atomic E-state index is -0.316. The molecule has 2 aromatic rings. The maximum absolute atomic E-state index is 13.5. The zero-order valence-corrected chi connectivity index (χ0v) is 20.6. The number of likely N-dealkylation sites (tertiary alicyclic amines) is 2. The van der Waals surface area contributed by atoms with E-state index in [1.807, 2.05) is 17.9 Å². The van der Waals surface area contributed by atoms with Crippen LogP contribution in [0, 0.1) is 17.2 Å². The molecule has 3 fully saturated rings. The number of Topliss-reactive ketones (excluding diaryl/α,β-unsaturated/α-hetero) is 1. The Labute approximate surface area is 207 Å². The Kier molecular flexibility index (Phi) is 7.03. The number of carbonyl (C=O) groups is 2. The molecule has 0 saturated carbocycles. The molecule has 3 aliphatic rings. The number of piperidine rings is 1. The quantitative estimate of drug-likeness (QED) is 0.655. The van der Waals surface area contributed by atoms with E-state index in [4.69, 9.17) is 0 Å². The molecule has 0 aromatic heterocycles. The van der Waals surface area contributed by atoms with Crippen LogP contribution in [0.5, 0.6) is 0 Å². The maximum Gasteiger partial charge on any atom is 0.229 e. The zero-order chi connectivity index (χ0) is 24.4. The van der Waals surface area contributed by atoms with Gasteiger partial charge in [0.1, 0.15) is 11.6 Å². The lowest BCUT2D eigenvalue weighted by Gasteiger charge is -2.43. The van der Waals surface area contributed by atoms with Crippen molar-refractivity contribution < 1.29 is 14.0 Å². The molecule has 3 atom stereocenters. The van der Waals surface area contributed by atoms with Crippen LogP contribution in [0.15, 0.2) is 54.6 Å². The van der Waals surface area contributed by atoms with E-state index in [9.17, 15) is 14.0 Å². The average Bonchev–Trinajstić information content (AvgIpc) is 3.48. The third-order valence-electron chi connectivity index (χ3n) is 8.61. The van der Waals surface area contributed by atoms with Crippen LogP contribution >= 0.6 is 0 Å². The van der Waals surface area contributed by atoms with Gasteiger partial charge in [-0.1, -0.05) is 49.4 Å². The van der Waals surface area contributed by atoms with E-state index in [2.05, 4.69) is 34.5 Å². The lowest BCUT2D eigenvalue weighted by atomic mass is 9.75. The average molecular weight is 478 g/mol. The molecule has 0 aliphatic carbocycles. The van der Waals surface area contributed by atoms with Gasteiger partial charge in [0.15, 0.2) is 0 Å². The van der Waals surface area contributed by atoms with Crippen LogP contribution < -0.4 is 5.32 Å². The second-order valence-electron chi connectivity index (χ2n) is 10.5. The van der Waals surface area contributed by atoms with E-state index >= 15 is 0 Å². The molecule has 3 heterocycles. The van der Waals surface area contributed by atoms with Gasteiger partial charge >= 0.3 is 0 Å². The molecule has 1 N–H and O–H groups in total. The lowest BCUT2D eigenvalue weighted by Crippen LogP contribution is -2.54. The number of halogens is 1. The van der Waals surface area contributed by atoms with E-state index in [-0.39, 0.29) is 29.1 Å². The Bertz CT molecular complexity index is 1030. The lowest BCUT2D eigenvalue weighted by molar-refractivity contribution is -0.140. The van der Waals surface area contributed by atoms with Crippen LogP contribution in [-0.4, -0.2) is 60.3 Å². The first kappa shape index (κ1) is 24.1. The van der Waals surface area contributed by atoms with Gasteiger partial charge in [0.05, 0.1) is 11.5 Å². The number of hydrogen-bond donors (Lipinski definition) is 1. The van der Waals surface area contributed by atoms with Gasteiger partial charge in [-0.3, -0.25) is 14.5 Å². The predicted molar refractivity (Wildman–Crippen MR) is 134 cm³/mol. The largest absolute Gasteiger partial charge is 0.338 e. The highest BCUT2D eigenvalue weighted by molar-refractivity contribution is 5.86. The normalized spacial score (nSPS) is 25.3. The van der Waals surface area contributed by atoms with Gasteiger partial charge in [-0.05, 0) is 55.6 Å². The SMILES string of the molecule is CCC(=O)C([C@@H]1CNC[C@@H]1c1ccccc1)N1CCC2(CCN(Cc3ccc(F)cc3)C2=O)CC1. The smallest absolute Gasteiger partial charge is 0.229 e. The number of nitrogens with zero attached hydrogens (tertiary/aromatic N) is 2. The number of amides is 1. The summed E-state index contributed by atoms with van der Waals surface area (Å²) in [5.41, 5.74) is 1.94. The second kappa shape index (κ2) is 10.2. The summed E-state index contributed by atoms with van der Waals surface area (Å²) in [5.74, 6) is 0.851. The van der Waals surface area contributed by atoms with Crippen LogP contribution in [0.25, 0.3) is 0 Å². The van der Waals surface area contributed by atoms with Crippen molar-refractivity contribution in [3.05, 3.63) is 71.5 Å². The van der Waals surface area contributed by atoms with Gasteiger partial charge in [-0.15, -0.1) is 0 Å². The molecule has 2 aromatic carbocycles. The van der Waals surface area contributed by atoms with Crippen molar-refractivity contribution >= 4 is 11.7 Å². The molecule has 3 aliphatic heterocycles. The van der Waals surface area contributed by atoms with E-state index in [1.165, 1.54) is 17.7 Å². The summed E-state index contributed by atoms with van der Waals surface area (Å²) < 4.78 is 13.3. The highest BCUT2D eigenvalue weighted by atomic mass is 19.1. The maximum atomic E-state index is 13.5. The van der Waals surface area contributed by atoms with Gasteiger partial charge in [0.25, 0.3) is 0 Å². The standard InChI is InChI=1S/C29H36FN3O2/c1-2-26(34)27(25-19-31-18-24(25)22-6-4-3-5-7-22)32-15-12-29(13-16-32)14-17-33(28(29)35)20-21-8-10-23(30)11-9-21/h3-11,24-25,27,31H,2,12-20H2,1H3/t24-,25-,27?/m1/s1. The van der Waals surface area contributed by atoms with Crippen LogP contribution in [0.4, 0.5) is 4.39 Å². The highest BCUT2D eigenvalue weighted by Crippen LogP contribution is 2.44. The van der Waals surface area contributed by atoms with Crippen LogP contribution in [0.3, 0.4) is 0 Å². The summed E-state index contributed by atoms with van der Waals surface area (Å²) >= 11 is 0. The van der Waals surface area contributed by atoms with Gasteiger partial charge in [-0.2, -0.15) is 0 Å². The van der Waals surface area contributed by atoms with Crippen molar-refractivity contribution in [1.82, 2.24) is 15.1 Å². The number of hydrogen-bond acceptors (Lipinski definition) is 4. The van der Waals surface area contributed by atoms with Gasteiger partial charge in [0.2, 0.25) is 5.91 Å². The zero-order valence-electron chi connectivity index (χ0n) is 20.6. The number of ketones is 1. The third-order valence-corrected chi connectivity index (χ3v) is 8.61. The first-order chi connectivity index (χ1) is 17.0. The number of carbonyl (C=O) groups excluding carboxylic acids is 2. The van der Waals surface area contributed by atoms with E-state index in [0.717, 1.165) is 57.5 Å². The first-order valence-corrected chi connectivity index (χ1v) is 13.1. The molecule has 0 radical (unpaired) electrons. The van der Waals surface area contributed by atoms with Crippen molar-refractivity contribution in [2.45, 2.75) is 51.1 Å². The van der Waals surface area contributed by atoms with Crippen molar-refractivity contribution in [2.75, 3.05) is 32.7 Å². The third kappa shape index (κ3) is 4.78. The summed E-state index contributed by atoms with van der Waals surface area (Å²) in [6, 6.07) is 16.9. The fourth-order valence-electron chi connectivity index (χ4n) is 6.57.